The van der Waals surface area contributed by atoms with Crippen LogP contribution in [-0.2, 0) is 6.18 Å². The van der Waals surface area contributed by atoms with Crippen molar-refractivity contribution in [3.05, 3.63) is 54.0 Å². The van der Waals surface area contributed by atoms with Crippen molar-refractivity contribution in [3.63, 3.8) is 0 Å². The normalized spacial score (nSPS) is 24.0. The van der Waals surface area contributed by atoms with Gasteiger partial charge in [-0.1, -0.05) is 6.92 Å². The molecule has 12 heteroatoms. The first-order valence-electron chi connectivity index (χ1n) is 11.0. The van der Waals surface area contributed by atoms with Gasteiger partial charge in [0.2, 0.25) is 0 Å². The van der Waals surface area contributed by atoms with E-state index in [2.05, 4.69) is 37.4 Å². The summed E-state index contributed by atoms with van der Waals surface area (Å²) in [5.74, 6) is 0.704. The van der Waals surface area contributed by atoms with Crippen LogP contribution < -0.4 is 5.32 Å². The Morgan fingerprint density at radius 3 is 2.53 bits per heavy atom. The van der Waals surface area contributed by atoms with Gasteiger partial charge in [-0.25, -0.2) is 15.0 Å². The van der Waals surface area contributed by atoms with Crippen LogP contribution in [0.1, 0.15) is 41.6 Å². The zero-order valence-electron chi connectivity index (χ0n) is 18.6. The maximum Gasteiger partial charge on any atom is 0.434 e. The first-order chi connectivity index (χ1) is 16.2. The van der Waals surface area contributed by atoms with Gasteiger partial charge in [0.1, 0.15) is 11.5 Å². The lowest BCUT2D eigenvalue weighted by atomic mass is 9.64. The molecule has 0 spiro atoms. The van der Waals surface area contributed by atoms with E-state index in [9.17, 15) is 18.0 Å². The number of pyridine rings is 1. The first-order valence-corrected chi connectivity index (χ1v) is 11.0. The van der Waals surface area contributed by atoms with Crippen LogP contribution in [0.25, 0.3) is 5.69 Å². The molecule has 2 atom stereocenters. The number of hydrogen-bond donors (Lipinski definition) is 1. The maximum atomic E-state index is 13.8. The number of nitrogens with zero attached hydrogens (tertiary/aromatic N) is 7. The summed E-state index contributed by atoms with van der Waals surface area (Å²) in [5, 5.41) is 11.4. The van der Waals surface area contributed by atoms with Crippen molar-refractivity contribution in [2.75, 3.05) is 11.9 Å². The Labute approximate surface area is 193 Å². The fraction of sp³-hybridized carbons (Fsp3) is 0.455. The van der Waals surface area contributed by atoms with Crippen LogP contribution in [0.15, 0.2) is 36.9 Å². The van der Waals surface area contributed by atoms with Crippen LogP contribution >= 0.6 is 0 Å². The smallest absolute Gasteiger partial charge is 0.367 e. The van der Waals surface area contributed by atoms with Crippen molar-refractivity contribution in [1.29, 1.82) is 0 Å². The molecule has 0 radical (unpaired) electrons. The summed E-state index contributed by atoms with van der Waals surface area (Å²) >= 11 is 0. The molecule has 6 rings (SSSR count). The third-order valence-electron chi connectivity index (χ3n) is 6.77. The number of halogens is 3. The number of alkyl halides is 3. The number of aromatic nitrogens is 6. The quantitative estimate of drug-likeness (QED) is 0.609. The molecule has 1 amide bonds. The number of rotatable bonds is 5. The standard InChI is InChI=1S/C22H23F3N8O/c1-12-3-4-16(33-29-5-6-30-33)20(31-12)21(34)32-15-7-14(8-15)13(2)17(32)9-27-19-11-26-18(10-28-19)22(23,24)25/h3-6,10-11,13-15,17H,7-9H2,1-2H3,(H,27,28)/t13-,14?,15?,17?/m1/s1. The first kappa shape index (κ1) is 22.2. The van der Waals surface area contributed by atoms with E-state index in [1.807, 2.05) is 11.8 Å². The highest BCUT2D eigenvalue weighted by molar-refractivity contribution is 5.96. The Hall–Kier alpha value is -3.57. The van der Waals surface area contributed by atoms with Gasteiger partial charge in [0.05, 0.1) is 30.8 Å². The zero-order valence-corrected chi connectivity index (χ0v) is 18.6. The third kappa shape index (κ3) is 3.97. The second-order valence-corrected chi connectivity index (χ2v) is 8.83. The van der Waals surface area contributed by atoms with E-state index in [-0.39, 0.29) is 35.4 Å². The molecule has 3 aliphatic rings. The van der Waals surface area contributed by atoms with E-state index >= 15 is 0 Å². The van der Waals surface area contributed by atoms with Crippen molar-refractivity contribution in [3.8, 4) is 5.69 Å². The van der Waals surface area contributed by atoms with E-state index < -0.39 is 11.9 Å². The molecule has 34 heavy (non-hydrogen) atoms. The van der Waals surface area contributed by atoms with Crippen molar-refractivity contribution < 1.29 is 18.0 Å². The van der Waals surface area contributed by atoms with Gasteiger partial charge in [-0.15, -0.1) is 4.80 Å². The van der Waals surface area contributed by atoms with Gasteiger partial charge in [0, 0.05) is 18.3 Å². The van der Waals surface area contributed by atoms with Crippen LogP contribution in [0.3, 0.4) is 0 Å². The minimum absolute atomic E-state index is 0.0833. The second-order valence-electron chi connectivity index (χ2n) is 8.83. The lowest BCUT2D eigenvalue weighted by Crippen LogP contribution is -2.64. The monoisotopic (exact) mass is 472 g/mol. The molecule has 1 aliphatic carbocycles. The van der Waals surface area contributed by atoms with Gasteiger partial charge in [0.15, 0.2) is 11.4 Å². The maximum absolute atomic E-state index is 13.8. The van der Waals surface area contributed by atoms with Gasteiger partial charge in [-0.3, -0.25) is 4.79 Å². The summed E-state index contributed by atoms with van der Waals surface area (Å²) in [7, 11) is 0. The SMILES string of the molecule is Cc1ccc(-n2nccn2)c(C(=O)N2C3CC(C3)[C@@H](C)C2CNc2cnc(C(F)(F)F)cn2)n1. The molecule has 3 aromatic heterocycles. The Morgan fingerprint density at radius 2 is 1.88 bits per heavy atom. The molecule has 2 aliphatic heterocycles. The Bertz CT molecular complexity index is 1180. The third-order valence-corrected chi connectivity index (χ3v) is 6.77. The van der Waals surface area contributed by atoms with Gasteiger partial charge in [0.25, 0.3) is 5.91 Å². The molecule has 3 aromatic rings. The number of nitrogens with one attached hydrogen (secondary N) is 1. The molecule has 3 fully saturated rings. The van der Waals surface area contributed by atoms with Crippen LogP contribution in [0.2, 0.25) is 0 Å². The molecular formula is C22H23F3N8O. The fourth-order valence-corrected chi connectivity index (χ4v) is 4.83. The van der Waals surface area contributed by atoms with E-state index in [1.165, 1.54) is 17.2 Å². The Kier molecular flexibility index (Phi) is 5.45. The van der Waals surface area contributed by atoms with E-state index in [0.29, 0.717) is 30.0 Å². The van der Waals surface area contributed by atoms with Crippen LogP contribution in [0.5, 0.6) is 0 Å². The number of aryl methyl sites for hydroxylation is 1. The number of anilines is 1. The highest BCUT2D eigenvalue weighted by Crippen LogP contribution is 2.47. The van der Waals surface area contributed by atoms with Crippen molar-refractivity contribution in [2.45, 2.75) is 44.9 Å². The predicted molar refractivity (Wildman–Crippen MR) is 115 cm³/mol. The summed E-state index contributed by atoms with van der Waals surface area (Å²) in [6.45, 7) is 4.25. The summed E-state index contributed by atoms with van der Waals surface area (Å²) in [4.78, 5) is 28.9. The molecule has 1 N–H and O–H groups in total. The van der Waals surface area contributed by atoms with E-state index in [4.69, 9.17) is 0 Å². The Balaban J connectivity index is 1.40. The Morgan fingerprint density at radius 1 is 1.15 bits per heavy atom. The van der Waals surface area contributed by atoms with Gasteiger partial charge < -0.3 is 10.2 Å². The number of amides is 1. The molecule has 1 unspecified atom stereocenters. The van der Waals surface area contributed by atoms with Crippen molar-refractivity contribution >= 4 is 11.7 Å². The summed E-state index contributed by atoms with van der Waals surface area (Å²) < 4.78 is 38.3. The molecule has 9 nitrogen and oxygen atoms in total. The average molecular weight is 472 g/mol. The number of carbonyl (C=O) groups excluding carboxylic acids is 1. The van der Waals surface area contributed by atoms with Crippen molar-refractivity contribution in [2.24, 2.45) is 11.8 Å². The fourth-order valence-electron chi connectivity index (χ4n) is 4.83. The number of piperidine rings is 2. The number of carbonyl (C=O) groups is 1. The van der Waals surface area contributed by atoms with Gasteiger partial charge in [-0.2, -0.15) is 23.4 Å². The highest BCUT2D eigenvalue weighted by atomic mass is 19.4. The topological polar surface area (TPSA) is 102 Å². The number of hydrogen-bond acceptors (Lipinski definition) is 7. The van der Waals surface area contributed by atoms with Crippen LogP contribution in [0.4, 0.5) is 19.0 Å². The lowest BCUT2D eigenvalue weighted by Gasteiger charge is -2.57. The minimum atomic E-state index is -4.55. The summed E-state index contributed by atoms with van der Waals surface area (Å²) in [6.07, 6.45) is 2.13. The molecule has 0 aromatic carbocycles. The van der Waals surface area contributed by atoms with Gasteiger partial charge >= 0.3 is 6.18 Å². The van der Waals surface area contributed by atoms with Crippen LogP contribution in [0, 0.1) is 18.8 Å². The lowest BCUT2D eigenvalue weighted by molar-refractivity contribution is -0.141. The van der Waals surface area contributed by atoms with Gasteiger partial charge in [-0.05, 0) is 43.7 Å². The average Bonchev–Trinajstić information content (AvgIpc) is 3.31. The molecule has 1 saturated carbocycles. The van der Waals surface area contributed by atoms with E-state index in [0.717, 1.165) is 19.0 Å². The largest absolute Gasteiger partial charge is 0.434 e. The van der Waals surface area contributed by atoms with Crippen LogP contribution in [-0.4, -0.2) is 59.4 Å². The molecule has 5 heterocycles. The summed E-state index contributed by atoms with van der Waals surface area (Å²) in [6, 6.07) is 3.47. The number of fused-ring (bicyclic) bond motifs is 2. The minimum Gasteiger partial charge on any atom is -0.367 e. The molecular weight excluding hydrogens is 449 g/mol. The van der Waals surface area contributed by atoms with Crippen molar-refractivity contribution in [1.82, 2.24) is 34.8 Å². The van der Waals surface area contributed by atoms with E-state index in [1.54, 1.807) is 12.1 Å². The molecule has 2 saturated heterocycles. The zero-order chi connectivity index (χ0) is 24.0. The second kappa shape index (κ2) is 8.33. The molecule has 2 bridgehead atoms. The summed E-state index contributed by atoms with van der Waals surface area (Å²) in [5.41, 5.74) is 0.418. The molecule has 178 valence electrons. The highest BCUT2D eigenvalue weighted by Gasteiger charge is 2.51. The predicted octanol–water partition coefficient (Wildman–Crippen LogP) is 3.13.